The zero-order valence-electron chi connectivity index (χ0n) is 13.9. The lowest BCUT2D eigenvalue weighted by atomic mass is 9.96. The summed E-state index contributed by atoms with van der Waals surface area (Å²) in [6, 6.07) is 29.1. The van der Waals surface area contributed by atoms with E-state index in [4.69, 9.17) is 0 Å². The first-order chi connectivity index (χ1) is 12.6. The zero-order chi connectivity index (χ0) is 18.4. The van der Waals surface area contributed by atoms with Crippen molar-refractivity contribution in [1.29, 1.82) is 0 Å². The maximum Gasteiger partial charge on any atom is 0.0227 e. The van der Waals surface area contributed by atoms with Crippen LogP contribution in [-0.2, 0) is 0 Å². The molecule has 26 heavy (non-hydrogen) atoms. The summed E-state index contributed by atoms with van der Waals surface area (Å²) in [6.45, 7) is 0. The van der Waals surface area contributed by atoms with Crippen LogP contribution < -0.4 is 0 Å². The second-order valence-electron chi connectivity index (χ2n) is 5.84. The first-order valence-electron chi connectivity index (χ1n) is 8.24. The van der Waals surface area contributed by atoms with E-state index in [1.165, 1.54) is 16.7 Å². The van der Waals surface area contributed by atoms with Gasteiger partial charge < -0.3 is 0 Å². The van der Waals surface area contributed by atoms with E-state index in [0.717, 1.165) is 13.4 Å². The number of allylic oxidation sites excluding steroid dienone is 2. The zero-order valence-corrected chi connectivity index (χ0v) is 18.7. The molecule has 1 unspecified atom stereocenters. The third-order valence-corrected chi connectivity index (χ3v) is 5.98. The van der Waals surface area contributed by atoms with E-state index in [2.05, 4.69) is 133 Å². The number of hydrogen-bond donors (Lipinski definition) is 0. The lowest BCUT2D eigenvalue weighted by Gasteiger charge is -2.12. The van der Waals surface area contributed by atoms with E-state index in [0.29, 0.717) is 0 Å². The average molecular weight is 533 g/mol. The minimum absolute atomic E-state index is 0.132. The average Bonchev–Trinajstić information content (AvgIpc) is 2.69. The lowest BCUT2D eigenvalue weighted by molar-refractivity contribution is 1.09. The Labute approximate surface area is 180 Å². The molecule has 3 aromatic carbocycles. The fourth-order valence-corrected chi connectivity index (χ4v) is 3.99. The third kappa shape index (κ3) is 5.29. The predicted molar refractivity (Wildman–Crippen MR) is 124 cm³/mol. The van der Waals surface area contributed by atoms with Crippen LogP contribution in [0.15, 0.2) is 102 Å². The molecule has 0 radical (unpaired) electrons. The van der Waals surface area contributed by atoms with E-state index in [1.54, 1.807) is 0 Å². The molecular weight excluding hydrogens is 516 g/mol. The van der Waals surface area contributed by atoms with Gasteiger partial charge in [0, 0.05) is 19.4 Å². The van der Waals surface area contributed by atoms with E-state index in [9.17, 15) is 0 Å². The van der Waals surface area contributed by atoms with Crippen LogP contribution in [-0.4, -0.2) is 0 Å². The fraction of sp³-hybridized carbons (Fsp3) is 0.0435. The monoisotopic (exact) mass is 530 g/mol. The molecule has 0 aliphatic heterocycles. The first kappa shape index (κ1) is 19.3. The van der Waals surface area contributed by atoms with E-state index in [-0.39, 0.29) is 5.92 Å². The van der Waals surface area contributed by atoms with Crippen LogP contribution in [0.5, 0.6) is 0 Å². The highest BCUT2D eigenvalue weighted by molar-refractivity contribution is 9.15. The van der Waals surface area contributed by atoms with E-state index < -0.39 is 0 Å². The molecule has 3 aromatic rings. The fourth-order valence-electron chi connectivity index (χ4n) is 2.63. The van der Waals surface area contributed by atoms with Crippen LogP contribution in [0, 0.1) is 0 Å². The summed E-state index contributed by atoms with van der Waals surface area (Å²) in [6.07, 6.45) is 4.48. The van der Waals surface area contributed by atoms with Gasteiger partial charge in [-0.2, -0.15) is 0 Å². The SMILES string of the molecule is Br/C(=C\C(/C=C(/Br)c1ccccc1)c1ccc(Br)cc1)c1ccccc1. The molecule has 0 amide bonds. The summed E-state index contributed by atoms with van der Waals surface area (Å²) < 4.78 is 3.24. The van der Waals surface area contributed by atoms with Gasteiger partial charge in [0.1, 0.15) is 0 Å². The van der Waals surface area contributed by atoms with Gasteiger partial charge in [0.2, 0.25) is 0 Å². The van der Waals surface area contributed by atoms with Crippen LogP contribution in [0.25, 0.3) is 8.96 Å². The molecule has 1 atom stereocenters. The molecule has 0 aliphatic rings. The number of hydrogen-bond acceptors (Lipinski definition) is 0. The predicted octanol–water partition coefficient (Wildman–Crippen LogP) is 8.40. The molecule has 0 nitrogen and oxygen atoms in total. The minimum atomic E-state index is 0.132. The smallest absolute Gasteiger partial charge is 0.0227 e. The lowest BCUT2D eigenvalue weighted by Crippen LogP contribution is -1.93. The summed E-state index contributed by atoms with van der Waals surface area (Å²) in [7, 11) is 0. The Morgan fingerprint density at radius 2 is 1.04 bits per heavy atom. The molecule has 0 saturated carbocycles. The van der Waals surface area contributed by atoms with Crippen molar-refractivity contribution in [1.82, 2.24) is 0 Å². The van der Waals surface area contributed by atoms with Crippen molar-refractivity contribution < 1.29 is 0 Å². The second kappa shape index (κ2) is 9.50. The highest BCUT2D eigenvalue weighted by Gasteiger charge is 2.10. The van der Waals surface area contributed by atoms with Crippen molar-refractivity contribution in [2.24, 2.45) is 0 Å². The third-order valence-electron chi connectivity index (χ3n) is 4.01. The molecule has 0 spiro atoms. The van der Waals surface area contributed by atoms with Gasteiger partial charge >= 0.3 is 0 Å². The Kier molecular flexibility index (Phi) is 7.07. The standard InChI is InChI=1S/C23H17Br3/c24-21-13-11-17(12-14-21)20(15-22(25)18-7-3-1-4-8-18)16-23(26)19-9-5-2-6-10-19/h1-16,20H/b22-15-,23-16+. The molecule has 3 rings (SSSR count). The van der Waals surface area contributed by atoms with Crippen molar-refractivity contribution in [3.05, 3.63) is 118 Å². The van der Waals surface area contributed by atoms with Crippen molar-refractivity contribution in [2.75, 3.05) is 0 Å². The van der Waals surface area contributed by atoms with Gasteiger partial charge in [-0.1, -0.05) is 133 Å². The highest BCUT2D eigenvalue weighted by atomic mass is 79.9. The number of benzene rings is 3. The van der Waals surface area contributed by atoms with Crippen LogP contribution >= 0.6 is 47.8 Å². The van der Waals surface area contributed by atoms with Gasteiger partial charge in [-0.15, -0.1) is 0 Å². The van der Waals surface area contributed by atoms with Crippen molar-refractivity contribution in [3.8, 4) is 0 Å². The maximum absolute atomic E-state index is 3.75. The minimum Gasteiger partial charge on any atom is -0.0622 e. The number of halogens is 3. The quantitative estimate of drug-likeness (QED) is 0.309. The van der Waals surface area contributed by atoms with Gasteiger partial charge in [0.15, 0.2) is 0 Å². The molecule has 0 aromatic heterocycles. The maximum atomic E-state index is 3.75. The topological polar surface area (TPSA) is 0 Å². The first-order valence-corrected chi connectivity index (χ1v) is 10.6. The van der Waals surface area contributed by atoms with Gasteiger partial charge in [-0.05, 0) is 28.8 Å². The molecule has 0 bridgehead atoms. The Morgan fingerprint density at radius 1 is 0.615 bits per heavy atom. The Hall–Kier alpha value is -1.42. The highest BCUT2D eigenvalue weighted by Crippen LogP contribution is 2.33. The Balaban J connectivity index is 2.01. The van der Waals surface area contributed by atoms with Crippen molar-refractivity contribution in [2.45, 2.75) is 5.92 Å². The molecule has 0 heterocycles. The van der Waals surface area contributed by atoms with E-state index >= 15 is 0 Å². The number of rotatable bonds is 5. The largest absolute Gasteiger partial charge is 0.0622 e. The van der Waals surface area contributed by atoms with E-state index in [1.807, 2.05) is 12.1 Å². The molecule has 3 heteroatoms. The second-order valence-corrected chi connectivity index (χ2v) is 8.46. The van der Waals surface area contributed by atoms with Gasteiger partial charge in [-0.3, -0.25) is 0 Å². The van der Waals surface area contributed by atoms with Gasteiger partial charge in [0.25, 0.3) is 0 Å². The summed E-state index contributed by atoms with van der Waals surface area (Å²) in [5, 5.41) is 0. The Bertz CT molecular complexity index is 840. The van der Waals surface area contributed by atoms with Gasteiger partial charge in [0.05, 0.1) is 0 Å². The molecule has 0 N–H and O–H groups in total. The van der Waals surface area contributed by atoms with Crippen LogP contribution in [0.3, 0.4) is 0 Å². The molecule has 0 fully saturated rings. The van der Waals surface area contributed by atoms with Crippen molar-refractivity contribution in [3.63, 3.8) is 0 Å². The molecule has 0 aliphatic carbocycles. The van der Waals surface area contributed by atoms with Crippen LogP contribution in [0.4, 0.5) is 0 Å². The summed E-state index contributed by atoms with van der Waals surface area (Å²) in [5.74, 6) is 0.132. The van der Waals surface area contributed by atoms with Crippen LogP contribution in [0.2, 0.25) is 0 Å². The van der Waals surface area contributed by atoms with Crippen molar-refractivity contribution >= 4 is 56.8 Å². The Morgan fingerprint density at radius 3 is 1.46 bits per heavy atom. The normalized spacial score (nSPS) is 13.5. The van der Waals surface area contributed by atoms with Crippen LogP contribution in [0.1, 0.15) is 22.6 Å². The summed E-state index contributed by atoms with van der Waals surface area (Å²) >= 11 is 11.0. The summed E-state index contributed by atoms with van der Waals surface area (Å²) in [5.41, 5.74) is 3.56. The summed E-state index contributed by atoms with van der Waals surface area (Å²) in [4.78, 5) is 0. The molecule has 130 valence electrons. The molecular formula is C23H17Br3. The van der Waals surface area contributed by atoms with Gasteiger partial charge in [-0.25, -0.2) is 0 Å². The molecule has 0 saturated heterocycles.